The Kier molecular flexibility index (Phi) is 3.45. The molecule has 2 heteroatoms. The lowest BCUT2D eigenvalue weighted by molar-refractivity contribution is 0.0271. The zero-order valence-electron chi connectivity index (χ0n) is 9.21. The third-order valence-electron chi connectivity index (χ3n) is 3.89. The van der Waals surface area contributed by atoms with Gasteiger partial charge in [-0.25, -0.2) is 0 Å². The predicted molar refractivity (Wildman–Crippen MR) is 58.1 cm³/mol. The molecule has 0 aromatic heterocycles. The van der Waals surface area contributed by atoms with E-state index in [4.69, 9.17) is 0 Å². The van der Waals surface area contributed by atoms with Gasteiger partial charge in [-0.15, -0.1) is 0 Å². The number of hydrogen-bond donors (Lipinski definition) is 2. The predicted octanol–water partition coefficient (Wildman–Crippen LogP) is 1.78. The quantitative estimate of drug-likeness (QED) is 0.723. The highest BCUT2D eigenvalue weighted by atomic mass is 16.3. The summed E-state index contributed by atoms with van der Waals surface area (Å²) >= 11 is 0. The third kappa shape index (κ3) is 2.48. The molecule has 2 aliphatic rings. The summed E-state index contributed by atoms with van der Waals surface area (Å²) in [4.78, 5) is 0. The van der Waals surface area contributed by atoms with Gasteiger partial charge in [0, 0.05) is 0 Å². The Bertz CT molecular complexity index is 165. The molecular formula is C12H23NO. The molecule has 0 amide bonds. The van der Waals surface area contributed by atoms with Crippen molar-refractivity contribution < 1.29 is 5.11 Å². The summed E-state index contributed by atoms with van der Waals surface area (Å²) in [5.74, 6) is 2.52. The molecule has 0 saturated heterocycles. The molecule has 0 aliphatic heterocycles. The lowest BCUT2D eigenvalue weighted by Gasteiger charge is -2.41. The fraction of sp³-hybridized carbons (Fsp3) is 1.00. The van der Waals surface area contributed by atoms with Gasteiger partial charge in [0.1, 0.15) is 0 Å². The second-order valence-electron chi connectivity index (χ2n) is 5.24. The van der Waals surface area contributed by atoms with E-state index in [9.17, 15) is 5.11 Å². The van der Waals surface area contributed by atoms with Crippen molar-refractivity contribution in [3.8, 4) is 0 Å². The highest BCUT2D eigenvalue weighted by molar-refractivity contribution is 4.87. The molecule has 2 N–H and O–H groups in total. The van der Waals surface area contributed by atoms with Crippen LogP contribution in [0.2, 0.25) is 0 Å². The Labute approximate surface area is 87.1 Å². The standard InChI is InChI=1S/C12H23NO/c1-2-13-8-11-4-9-3-10(5-11)7-12(14)6-9/h9-14H,2-8H2,1H3. The summed E-state index contributed by atoms with van der Waals surface area (Å²) in [6, 6.07) is 0. The van der Waals surface area contributed by atoms with Crippen LogP contribution in [0.25, 0.3) is 0 Å². The van der Waals surface area contributed by atoms with E-state index in [1.54, 1.807) is 0 Å². The average Bonchev–Trinajstić information content (AvgIpc) is 2.12. The van der Waals surface area contributed by atoms with E-state index in [0.717, 1.165) is 37.1 Å². The first kappa shape index (κ1) is 10.4. The van der Waals surface area contributed by atoms with Crippen LogP contribution in [-0.4, -0.2) is 24.3 Å². The Balaban J connectivity index is 1.83. The molecule has 2 aliphatic carbocycles. The van der Waals surface area contributed by atoms with E-state index in [1.807, 2.05) is 0 Å². The van der Waals surface area contributed by atoms with Crippen molar-refractivity contribution in [2.75, 3.05) is 13.1 Å². The third-order valence-corrected chi connectivity index (χ3v) is 3.89. The number of aliphatic hydroxyl groups is 1. The van der Waals surface area contributed by atoms with Crippen LogP contribution in [0.3, 0.4) is 0 Å². The van der Waals surface area contributed by atoms with E-state index in [1.165, 1.54) is 25.8 Å². The van der Waals surface area contributed by atoms with Crippen molar-refractivity contribution >= 4 is 0 Å². The first-order chi connectivity index (χ1) is 6.78. The van der Waals surface area contributed by atoms with E-state index >= 15 is 0 Å². The van der Waals surface area contributed by atoms with Crippen LogP contribution in [0.15, 0.2) is 0 Å². The molecule has 0 radical (unpaired) electrons. The summed E-state index contributed by atoms with van der Waals surface area (Å²) < 4.78 is 0. The monoisotopic (exact) mass is 197 g/mol. The van der Waals surface area contributed by atoms with Crippen LogP contribution in [0.4, 0.5) is 0 Å². The maximum atomic E-state index is 9.66. The van der Waals surface area contributed by atoms with Crippen LogP contribution in [0.1, 0.15) is 39.0 Å². The van der Waals surface area contributed by atoms with Gasteiger partial charge in [0.15, 0.2) is 0 Å². The Morgan fingerprint density at radius 1 is 1.07 bits per heavy atom. The van der Waals surface area contributed by atoms with Gasteiger partial charge in [0.25, 0.3) is 0 Å². The highest BCUT2D eigenvalue weighted by Crippen LogP contribution is 2.42. The van der Waals surface area contributed by atoms with Crippen LogP contribution in [0, 0.1) is 17.8 Å². The van der Waals surface area contributed by atoms with Crippen LogP contribution in [0.5, 0.6) is 0 Å². The molecule has 2 fully saturated rings. The molecule has 0 heterocycles. The van der Waals surface area contributed by atoms with E-state index < -0.39 is 0 Å². The Morgan fingerprint density at radius 3 is 2.29 bits per heavy atom. The van der Waals surface area contributed by atoms with Crippen molar-refractivity contribution in [3.05, 3.63) is 0 Å². The topological polar surface area (TPSA) is 32.3 Å². The van der Waals surface area contributed by atoms with Crippen LogP contribution < -0.4 is 5.32 Å². The van der Waals surface area contributed by atoms with Gasteiger partial charge in [-0.05, 0) is 62.9 Å². The maximum Gasteiger partial charge on any atom is 0.0545 e. The molecule has 2 bridgehead atoms. The molecule has 0 aromatic carbocycles. The molecule has 2 rings (SSSR count). The van der Waals surface area contributed by atoms with Gasteiger partial charge in [0.2, 0.25) is 0 Å². The smallest absolute Gasteiger partial charge is 0.0545 e. The average molecular weight is 197 g/mol. The molecular weight excluding hydrogens is 174 g/mol. The fourth-order valence-corrected chi connectivity index (χ4v) is 3.47. The number of fused-ring (bicyclic) bond motifs is 2. The SMILES string of the molecule is CCNCC1CC2CC(O)CC(C1)C2. The summed E-state index contributed by atoms with van der Waals surface area (Å²) in [5, 5.41) is 13.1. The molecule has 2 nitrogen and oxygen atoms in total. The van der Waals surface area contributed by atoms with Crippen molar-refractivity contribution in [1.82, 2.24) is 5.32 Å². The van der Waals surface area contributed by atoms with Crippen molar-refractivity contribution in [3.63, 3.8) is 0 Å². The molecule has 82 valence electrons. The fourth-order valence-electron chi connectivity index (χ4n) is 3.47. The van der Waals surface area contributed by atoms with Gasteiger partial charge >= 0.3 is 0 Å². The van der Waals surface area contributed by atoms with E-state index in [-0.39, 0.29) is 6.10 Å². The number of rotatable bonds is 3. The van der Waals surface area contributed by atoms with Crippen molar-refractivity contribution in [2.24, 2.45) is 17.8 Å². The van der Waals surface area contributed by atoms with Gasteiger partial charge in [-0.1, -0.05) is 6.92 Å². The van der Waals surface area contributed by atoms with Crippen molar-refractivity contribution in [2.45, 2.75) is 45.1 Å². The minimum atomic E-state index is 0.0128. The van der Waals surface area contributed by atoms with Crippen LogP contribution >= 0.6 is 0 Å². The first-order valence-electron chi connectivity index (χ1n) is 6.16. The van der Waals surface area contributed by atoms with Gasteiger partial charge in [0.05, 0.1) is 6.10 Å². The van der Waals surface area contributed by atoms with E-state index in [2.05, 4.69) is 12.2 Å². The normalized spacial score (nSPS) is 42.4. The molecule has 2 unspecified atom stereocenters. The Hall–Kier alpha value is -0.0800. The van der Waals surface area contributed by atoms with Crippen molar-refractivity contribution in [1.29, 1.82) is 0 Å². The summed E-state index contributed by atoms with van der Waals surface area (Å²) in [6.45, 7) is 4.46. The molecule has 0 spiro atoms. The zero-order chi connectivity index (χ0) is 9.97. The molecule has 14 heavy (non-hydrogen) atoms. The van der Waals surface area contributed by atoms with Gasteiger partial charge in [-0.2, -0.15) is 0 Å². The van der Waals surface area contributed by atoms with Crippen LogP contribution in [-0.2, 0) is 0 Å². The molecule has 2 atom stereocenters. The van der Waals surface area contributed by atoms with Gasteiger partial charge < -0.3 is 10.4 Å². The lowest BCUT2D eigenvalue weighted by atomic mass is 9.67. The minimum absolute atomic E-state index is 0.0128. The summed E-state index contributed by atoms with van der Waals surface area (Å²) in [5.41, 5.74) is 0. The second-order valence-corrected chi connectivity index (χ2v) is 5.24. The first-order valence-corrected chi connectivity index (χ1v) is 6.16. The lowest BCUT2D eigenvalue weighted by Crippen LogP contribution is -2.37. The number of aliphatic hydroxyl groups excluding tert-OH is 1. The largest absolute Gasteiger partial charge is 0.393 e. The van der Waals surface area contributed by atoms with E-state index in [0.29, 0.717) is 0 Å². The van der Waals surface area contributed by atoms with Gasteiger partial charge in [-0.3, -0.25) is 0 Å². The highest BCUT2D eigenvalue weighted by Gasteiger charge is 2.34. The maximum absolute atomic E-state index is 9.66. The number of hydrogen-bond acceptors (Lipinski definition) is 2. The molecule has 0 aromatic rings. The minimum Gasteiger partial charge on any atom is -0.393 e. The Morgan fingerprint density at radius 2 is 1.71 bits per heavy atom. The second kappa shape index (κ2) is 4.63. The summed E-state index contributed by atoms with van der Waals surface area (Å²) in [7, 11) is 0. The molecule has 2 saturated carbocycles. The summed E-state index contributed by atoms with van der Waals surface area (Å²) in [6.07, 6.45) is 6.23. The zero-order valence-corrected chi connectivity index (χ0v) is 9.21. The number of nitrogens with one attached hydrogen (secondary N) is 1.